The van der Waals surface area contributed by atoms with E-state index in [0.29, 0.717) is 17.8 Å². The van der Waals surface area contributed by atoms with Crippen LogP contribution in [-0.4, -0.2) is 44.0 Å². The van der Waals surface area contributed by atoms with Crippen molar-refractivity contribution in [2.75, 3.05) is 6.54 Å². The number of nitrogens with two attached hydrogens (primary N) is 1. The van der Waals surface area contributed by atoms with Crippen molar-refractivity contribution in [3.05, 3.63) is 10.6 Å². The maximum Gasteiger partial charge on any atom is 0.267 e. The predicted molar refractivity (Wildman–Crippen MR) is 78.2 cm³/mol. The van der Waals surface area contributed by atoms with Crippen LogP contribution in [-0.2, 0) is 0 Å². The van der Waals surface area contributed by atoms with Crippen LogP contribution >= 0.6 is 11.5 Å². The quantitative estimate of drug-likeness (QED) is 0.359. The van der Waals surface area contributed by atoms with E-state index in [4.69, 9.17) is 10.9 Å². The van der Waals surface area contributed by atoms with Gasteiger partial charge in [-0.05, 0) is 31.3 Å². The summed E-state index contributed by atoms with van der Waals surface area (Å²) in [4.78, 5) is 14.8. The van der Waals surface area contributed by atoms with Gasteiger partial charge in [0.2, 0.25) is 0 Å². The SMILES string of the molecule is CC(C)c1nnsc1C(=O)N(CCC(N)=NO)C(C)C. The lowest BCUT2D eigenvalue weighted by Crippen LogP contribution is -2.39. The Morgan fingerprint density at radius 2 is 2.10 bits per heavy atom. The summed E-state index contributed by atoms with van der Waals surface area (Å²) >= 11 is 1.11. The Hall–Kier alpha value is -1.70. The molecule has 1 aromatic heterocycles. The highest BCUT2D eigenvalue weighted by Gasteiger charge is 2.25. The summed E-state index contributed by atoms with van der Waals surface area (Å²) in [6, 6.07) is 0.0103. The average Bonchev–Trinajstić information content (AvgIpc) is 2.87. The van der Waals surface area contributed by atoms with Crippen molar-refractivity contribution in [2.24, 2.45) is 10.9 Å². The number of amidine groups is 1. The second-order valence-corrected chi connectivity index (χ2v) is 5.83. The fraction of sp³-hybridized carbons (Fsp3) is 0.667. The molecule has 0 fully saturated rings. The lowest BCUT2D eigenvalue weighted by molar-refractivity contribution is 0.0714. The van der Waals surface area contributed by atoms with Gasteiger partial charge < -0.3 is 15.8 Å². The van der Waals surface area contributed by atoms with Crippen LogP contribution in [0.25, 0.3) is 0 Å². The van der Waals surface area contributed by atoms with Crippen LogP contribution in [0.5, 0.6) is 0 Å². The molecule has 0 saturated carbocycles. The smallest absolute Gasteiger partial charge is 0.267 e. The van der Waals surface area contributed by atoms with Gasteiger partial charge in [-0.15, -0.1) is 5.10 Å². The molecule has 3 N–H and O–H groups in total. The highest BCUT2D eigenvalue weighted by atomic mass is 32.1. The number of hydrogen-bond acceptors (Lipinski definition) is 6. The Labute approximate surface area is 122 Å². The molecule has 0 aliphatic heterocycles. The lowest BCUT2D eigenvalue weighted by atomic mass is 10.1. The maximum absolute atomic E-state index is 12.6. The molecule has 8 heteroatoms. The summed E-state index contributed by atoms with van der Waals surface area (Å²) < 4.78 is 3.87. The topological polar surface area (TPSA) is 105 Å². The summed E-state index contributed by atoms with van der Waals surface area (Å²) in [6.07, 6.45) is 0.323. The summed E-state index contributed by atoms with van der Waals surface area (Å²) in [5, 5.41) is 15.5. The summed E-state index contributed by atoms with van der Waals surface area (Å²) in [5.41, 5.74) is 6.18. The van der Waals surface area contributed by atoms with Crippen molar-refractivity contribution >= 4 is 23.3 Å². The number of amides is 1. The van der Waals surface area contributed by atoms with E-state index in [1.807, 2.05) is 27.7 Å². The van der Waals surface area contributed by atoms with Crippen LogP contribution < -0.4 is 5.73 Å². The van der Waals surface area contributed by atoms with Crippen molar-refractivity contribution in [1.29, 1.82) is 0 Å². The van der Waals surface area contributed by atoms with E-state index >= 15 is 0 Å². The Bertz CT molecular complexity index is 484. The number of carbonyl (C=O) groups excluding carboxylic acids is 1. The van der Waals surface area contributed by atoms with Crippen LogP contribution in [0.2, 0.25) is 0 Å². The third-order valence-electron chi connectivity index (χ3n) is 2.88. The van der Waals surface area contributed by atoms with Crippen LogP contribution in [0.15, 0.2) is 5.16 Å². The molecule has 0 spiro atoms. The third kappa shape index (κ3) is 3.89. The van der Waals surface area contributed by atoms with Gasteiger partial charge in [0.1, 0.15) is 10.7 Å². The number of oxime groups is 1. The Kier molecular flexibility index (Phi) is 5.87. The van der Waals surface area contributed by atoms with Crippen LogP contribution in [0, 0.1) is 0 Å². The number of nitrogens with zero attached hydrogens (tertiary/aromatic N) is 4. The van der Waals surface area contributed by atoms with Gasteiger partial charge in [-0.25, -0.2) is 0 Å². The van der Waals surface area contributed by atoms with Crippen molar-refractivity contribution in [3.63, 3.8) is 0 Å². The minimum atomic E-state index is -0.107. The zero-order chi connectivity index (χ0) is 15.3. The Morgan fingerprint density at radius 3 is 2.60 bits per heavy atom. The number of aromatic nitrogens is 2. The molecule has 20 heavy (non-hydrogen) atoms. The monoisotopic (exact) mass is 299 g/mol. The van der Waals surface area contributed by atoms with E-state index in [-0.39, 0.29) is 23.7 Å². The van der Waals surface area contributed by atoms with Gasteiger partial charge >= 0.3 is 0 Å². The predicted octanol–water partition coefficient (Wildman–Crippen LogP) is 1.65. The van der Waals surface area contributed by atoms with Gasteiger partial charge in [-0.2, -0.15) is 0 Å². The molecule has 7 nitrogen and oxygen atoms in total. The highest BCUT2D eigenvalue weighted by molar-refractivity contribution is 7.08. The van der Waals surface area contributed by atoms with E-state index in [9.17, 15) is 4.79 Å². The maximum atomic E-state index is 12.6. The van der Waals surface area contributed by atoms with E-state index in [2.05, 4.69) is 14.7 Å². The lowest BCUT2D eigenvalue weighted by Gasteiger charge is -2.26. The van der Waals surface area contributed by atoms with Gasteiger partial charge in [0, 0.05) is 19.0 Å². The average molecular weight is 299 g/mol. The summed E-state index contributed by atoms with van der Waals surface area (Å²) in [5.74, 6) is 0.144. The first-order valence-electron chi connectivity index (χ1n) is 6.48. The van der Waals surface area contributed by atoms with Gasteiger partial charge in [0.25, 0.3) is 5.91 Å². The molecule has 112 valence electrons. The summed E-state index contributed by atoms with van der Waals surface area (Å²) in [7, 11) is 0. The standard InChI is InChI=1S/C12H21N5O2S/c1-7(2)10-11(20-16-14-10)12(18)17(8(3)4)6-5-9(13)15-19/h7-8,19H,5-6H2,1-4H3,(H2,13,15). The first kappa shape index (κ1) is 16.4. The Balaban J connectivity index is 2.91. The molecule has 0 unspecified atom stereocenters. The van der Waals surface area contributed by atoms with Crippen LogP contribution in [0.1, 0.15) is 55.4 Å². The molecule has 0 aliphatic rings. The number of carbonyl (C=O) groups is 1. The number of rotatable bonds is 6. The van der Waals surface area contributed by atoms with Gasteiger partial charge in [-0.3, -0.25) is 4.79 Å². The molecule has 1 heterocycles. The molecule has 1 aromatic rings. The van der Waals surface area contributed by atoms with Crippen molar-refractivity contribution in [2.45, 2.75) is 46.1 Å². The van der Waals surface area contributed by atoms with E-state index in [1.54, 1.807) is 4.90 Å². The van der Waals surface area contributed by atoms with E-state index in [0.717, 1.165) is 17.2 Å². The first-order valence-corrected chi connectivity index (χ1v) is 7.25. The number of hydrogen-bond donors (Lipinski definition) is 2. The fourth-order valence-electron chi connectivity index (χ4n) is 1.73. The fourth-order valence-corrected chi connectivity index (χ4v) is 2.51. The summed E-state index contributed by atoms with van der Waals surface area (Å²) in [6.45, 7) is 8.19. The van der Waals surface area contributed by atoms with Gasteiger partial charge in [0.15, 0.2) is 0 Å². The second kappa shape index (κ2) is 7.18. The Morgan fingerprint density at radius 1 is 1.45 bits per heavy atom. The van der Waals surface area contributed by atoms with Gasteiger partial charge in [0.05, 0.1) is 5.69 Å². The van der Waals surface area contributed by atoms with Crippen molar-refractivity contribution in [3.8, 4) is 0 Å². The minimum absolute atomic E-state index is 0.0103. The zero-order valence-corrected chi connectivity index (χ0v) is 13.0. The molecule has 0 bridgehead atoms. The van der Waals surface area contributed by atoms with Gasteiger partial charge in [-0.1, -0.05) is 23.5 Å². The third-order valence-corrected chi connectivity index (χ3v) is 3.61. The molecule has 0 aromatic carbocycles. The molecule has 1 amide bonds. The molecular formula is C12H21N5O2S. The molecule has 0 aliphatic carbocycles. The largest absolute Gasteiger partial charge is 0.409 e. The zero-order valence-electron chi connectivity index (χ0n) is 12.2. The van der Waals surface area contributed by atoms with E-state index in [1.165, 1.54) is 0 Å². The first-order chi connectivity index (χ1) is 9.38. The molecule has 0 saturated heterocycles. The minimum Gasteiger partial charge on any atom is -0.409 e. The van der Waals surface area contributed by atoms with E-state index < -0.39 is 0 Å². The van der Waals surface area contributed by atoms with Crippen molar-refractivity contribution < 1.29 is 10.0 Å². The second-order valence-electron chi connectivity index (χ2n) is 5.08. The molecular weight excluding hydrogens is 278 g/mol. The molecule has 1 rings (SSSR count). The molecule has 0 atom stereocenters. The molecule has 0 radical (unpaired) electrons. The van der Waals surface area contributed by atoms with Crippen LogP contribution in [0.4, 0.5) is 0 Å². The van der Waals surface area contributed by atoms with Crippen LogP contribution in [0.3, 0.4) is 0 Å². The normalized spacial score (nSPS) is 12.2. The van der Waals surface area contributed by atoms with Crippen molar-refractivity contribution in [1.82, 2.24) is 14.5 Å². The highest BCUT2D eigenvalue weighted by Crippen LogP contribution is 2.22.